The molecule has 0 aliphatic heterocycles. The molecule has 0 atom stereocenters. The summed E-state index contributed by atoms with van der Waals surface area (Å²) in [6.07, 6.45) is 4.52. The van der Waals surface area contributed by atoms with E-state index in [-0.39, 0.29) is 0 Å². The van der Waals surface area contributed by atoms with Crippen molar-refractivity contribution < 1.29 is 0 Å². The highest BCUT2D eigenvalue weighted by Crippen LogP contribution is 2.15. The molecule has 2 aromatic heterocycles. The second kappa shape index (κ2) is 3.01. The van der Waals surface area contributed by atoms with Crippen LogP contribution in [-0.2, 0) is 6.54 Å². The van der Waals surface area contributed by atoms with Gasteiger partial charge in [-0.25, -0.2) is 4.98 Å². The molecule has 13 heavy (non-hydrogen) atoms. The van der Waals surface area contributed by atoms with Crippen LogP contribution in [0, 0.1) is 0 Å². The summed E-state index contributed by atoms with van der Waals surface area (Å²) in [5.74, 6) is 0.396. The van der Waals surface area contributed by atoms with Gasteiger partial charge >= 0.3 is 0 Å². The molecule has 0 radical (unpaired) electrons. The van der Waals surface area contributed by atoms with Gasteiger partial charge in [0.25, 0.3) is 0 Å². The standard InChI is InChI=1S/C8H11N5/c1-2-3-13-5-10-7-6(13)4-11-12-8(7)9/h4-5H,2-3H2,1H3,(H2,9,12). The van der Waals surface area contributed by atoms with Crippen molar-refractivity contribution in [3.8, 4) is 0 Å². The topological polar surface area (TPSA) is 69.6 Å². The fourth-order valence-corrected chi connectivity index (χ4v) is 1.34. The van der Waals surface area contributed by atoms with E-state index in [9.17, 15) is 0 Å². The minimum atomic E-state index is 0.396. The molecular formula is C8H11N5. The van der Waals surface area contributed by atoms with E-state index in [1.807, 2.05) is 4.57 Å². The van der Waals surface area contributed by atoms with Crippen molar-refractivity contribution in [1.29, 1.82) is 0 Å². The maximum atomic E-state index is 5.62. The smallest absolute Gasteiger partial charge is 0.174 e. The van der Waals surface area contributed by atoms with Crippen molar-refractivity contribution in [3.63, 3.8) is 0 Å². The van der Waals surface area contributed by atoms with Crippen molar-refractivity contribution in [1.82, 2.24) is 19.7 Å². The first-order valence-corrected chi connectivity index (χ1v) is 4.25. The van der Waals surface area contributed by atoms with Crippen molar-refractivity contribution in [2.24, 2.45) is 0 Å². The zero-order valence-electron chi connectivity index (χ0n) is 7.44. The van der Waals surface area contributed by atoms with E-state index in [1.165, 1.54) is 0 Å². The molecule has 5 nitrogen and oxygen atoms in total. The molecule has 0 unspecified atom stereocenters. The van der Waals surface area contributed by atoms with Crippen LogP contribution in [0.5, 0.6) is 0 Å². The van der Waals surface area contributed by atoms with E-state index in [2.05, 4.69) is 22.1 Å². The lowest BCUT2D eigenvalue weighted by Crippen LogP contribution is -1.97. The number of fused-ring (bicyclic) bond motifs is 1. The molecule has 2 rings (SSSR count). The van der Waals surface area contributed by atoms with Gasteiger partial charge in [-0.15, -0.1) is 5.10 Å². The van der Waals surface area contributed by atoms with Crippen LogP contribution in [0.25, 0.3) is 11.0 Å². The summed E-state index contributed by atoms with van der Waals surface area (Å²) >= 11 is 0. The molecule has 0 spiro atoms. The van der Waals surface area contributed by atoms with Crippen LogP contribution in [0.4, 0.5) is 5.82 Å². The summed E-state index contributed by atoms with van der Waals surface area (Å²) in [7, 11) is 0. The summed E-state index contributed by atoms with van der Waals surface area (Å²) in [5, 5.41) is 7.52. The fourth-order valence-electron chi connectivity index (χ4n) is 1.34. The summed E-state index contributed by atoms with van der Waals surface area (Å²) < 4.78 is 2.03. The van der Waals surface area contributed by atoms with Gasteiger partial charge in [-0.2, -0.15) is 5.10 Å². The van der Waals surface area contributed by atoms with Gasteiger partial charge < -0.3 is 10.3 Å². The van der Waals surface area contributed by atoms with E-state index >= 15 is 0 Å². The van der Waals surface area contributed by atoms with Gasteiger partial charge in [0.05, 0.1) is 18.0 Å². The Bertz CT molecular complexity index is 419. The summed E-state index contributed by atoms with van der Waals surface area (Å²) in [6, 6.07) is 0. The molecule has 0 fully saturated rings. The molecule has 0 amide bonds. The van der Waals surface area contributed by atoms with E-state index in [0.717, 1.165) is 24.0 Å². The summed E-state index contributed by atoms with van der Waals surface area (Å²) in [5.41, 5.74) is 7.31. The lowest BCUT2D eigenvalue weighted by atomic mass is 10.4. The second-order valence-corrected chi connectivity index (χ2v) is 2.90. The molecule has 0 saturated heterocycles. The van der Waals surface area contributed by atoms with Crippen LogP contribution in [0.2, 0.25) is 0 Å². The van der Waals surface area contributed by atoms with Gasteiger partial charge in [0.1, 0.15) is 5.52 Å². The van der Waals surface area contributed by atoms with Crippen LogP contribution < -0.4 is 5.73 Å². The highest BCUT2D eigenvalue weighted by Gasteiger charge is 2.05. The van der Waals surface area contributed by atoms with Crippen LogP contribution in [-0.4, -0.2) is 19.7 Å². The second-order valence-electron chi connectivity index (χ2n) is 2.90. The van der Waals surface area contributed by atoms with Crippen molar-refractivity contribution in [2.45, 2.75) is 19.9 Å². The Kier molecular flexibility index (Phi) is 1.84. The number of imidazole rings is 1. The maximum absolute atomic E-state index is 5.62. The van der Waals surface area contributed by atoms with Gasteiger partial charge in [0, 0.05) is 6.54 Å². The molecule has 2 heterocycles. The summed E-state index contributed by atoms with van der Waals surface area (Å²) in [6.45, 7) is 3.05. The summed E-state index contributed by atoms with van der Waals surface area (Å²) in [4.78, 5) is 4.17. The van der Waals surface area contributed by atoms with E-state index in [4.69, 9.17) is 5.73 Å². The first kappa shape index (κ1) is 7.97. The maximum Gasteiger partial charge on any atom is 0.174 e. The Hall–Kier alpha value is -1.65. The Labute approximate surface area is 75.6 Å². The molecular weight excluding hydrogens is 166 g/mol. The Morgan fingerprint density at radius 3 is 3.15 bits per heavy atom. The largest absolute Gasteiger partial charge is 0.380 e. The van der Waals surface area contributed by atoms with Crippen molar-refractivity contribution >= 4 is 16.9 Å². The van der Waals surface area contributed by atoms with E-state index < -0.39 is 0 Å². The fraction of sp³-hybridized carbons (Fsp3) is 0.375. The molecule has 0 aliphatic carbocycles. The lowest BCUT2D eigenvalue weighted by molar-refractivity contribution is 0.696. The molecule has 2 N–H and O–H groups in total. The number of hydrogen-bond acceptors (Lipinski definition) is 4. The van der Waals surface area contributed by atoms with Crippen molar-refractivity contribution in [3.05, 3.63) is 12.5 Å². The number of aryl methyl sites for hydroxylation is 1. The molecule has 0 aromatic carbocycles. The monoisotopic (exact) mass is 177 g/mol. The van der Waals surface area contributed by atoms with E-state index in [1.54, 1.807) is 12.5 Å². The Balaban J connectivity index is 2.61. The molecule has 68 valence electrons. The highest BCUT2D eigenvalue weighted by molar-refractivity contribution is 5.83. The van der Waals surface area contributed by atoms with Gasteiger partial charge in [-0.3, -0.25) is 0 Å². The predicted molar refractivity (Wildman–Crippen MR) is 50.0 cm³/mol. The number of hydrogen-bond donors (Lipinski definition) is 1. The highest BCUT2D eigenvalue weighted by atomic mass is 15.2. The van der Waals surface area contributed by atoms with Gasteiger partial charge in [-0.1, -0.05) is 6.92 Å². The first-order chi connectivity index (χ1) is 6.33. The van der Waals surface area contributed by atoms with E-state index in [0.29, 0.717) is 5.82 Å². The van der Waals surface area contributed by atoms with Crippen molar-refractivity contribution in [2.75, 3.05) is 5.73 Å². The molecule has 0 saturated carbocycles. The third-order valence-corrected chi connectivity index (χ3v) is 1.93. The van der Waals surface area contributed by atoms with Crippen LogP contribution in [0.3, 0.4) is 0 Å². The van der Waals surface area contributed by atoms with Gasteiger partial charge in [0.2, 0.25) is 0 Å². The minimum absolute atomic E-state index is 0.396. The Morgan fingerprint density at radius 1 is 1.54 bits per heavy atom. The average molecular weight is 177 g/mol. The van der Waals surface area contributed by atoms with Crippen LogP contribution in [0.15, 0.2) is 12.5 Å². The molecule has 0 bridgehead atoms. The minimum Gasteiger partial charge on any atom is -0.380 e. The number of aromatic nitrogens is 4. The normalized spacial score (nSPS) is 10.8. The molecule has 2 aromatic rings. The SMILES string of the molecule is CCCn1cnc2c(N)nncc21. The zero-order valence-corrected chi connectivity index (χ0v) is 7.44. The first-order valence-electron chi connectivity index (χ1n) is 4.25. The number of nitrogens with two attached hydrogens (primary N) is 1. The number of nitrogens with zero attached hydrogens (tertiary/aromatic N) is 4. The predicted octanol–water partition coefficient (Wildman–Crippen LogP) is 0.818. The van der Waals surface area contributed by atoms with Gasteiger partial charge in [-0.05, 0) is 6.42 Å². The number of nitrogen functional groups attached to an aromatic ring is 1. The Morgan fingerprint density at radius 2 is 2.38 bits per heavy atom. The van der Waals surface area contributed by atoms with Gasteiger partial charge in [0.15, 0.2) is 5.82 Å². The van der Waals surface area contributed by atoms with Crippen LogP contribution >= 0.6 is 0 Å². The average Bonchev–Trinajstić information content (AvgIpc) is 2.51. The number of anilines is 1. The van der Waals surface area contributed by atoms with Crippen LogP contribution in [0.1, 0.15) is 13.3 Å². The molecule has 0 aliphatic rings. The lowest BCUT2D eigenvalue weighted by Gasteiger charge is -1.99. The third-order valence-electron chi connectivity index (χ3n) is 1.93. The third kappa shape index (κ3) is 1.22. The zero-order chi connectivity index (χ0) is 9.26. The number of rotatable bonds is 2. The molecule has 5 heteroatoms. The quantitative estimate of drug-likeness (QED) is 0.737.